The van der Waals surface area contributed by atoms with Crippen LogP contribution in [0.2, 0.25) is 6.55 Å². The Hall–Kier alpha value is -0.790. The predicted octanol–water partition coefficient (Wildman–Crippen LogP) is 0.626. The molecule has 27 heavy (non-hydrogen) atoms. The van der Waals surface area contributed by atoms with Gasteiger partial charge in [-0.1, -0.05) is 56.8 Å². The molecule has 0 saturated carbocycles. The third-order valence-electron chi connectivity index (χ3n) is 3.35. The predicted molar refractivity (Wildman–Crippen MR) is 109 cm³/mol. The molecule has 0 fully saturated rings. The van der Waals surface area contributed by atoms with E-state index in [1.165, 1.54) is 21.9 Å². The van der Waals surface area contributed by atoms with Gasteiger partial charge in [-0.15, -0.1) is 41.6 Å². The Morgan fingerprint density at radius 3 is 2.00 bits per heavy atom. The fourth-order valence-electron chi connectivity index (χ4n) is 2.30. The fraction of sp³-hybridized carbons (Fsp3) is 0.174. The van der Waals surface area contributed by atoms with Crippen LogP contribution in [0.15, 0.2) is 84.9 Å². The average Bonchev–Trinajstić information content (AvgIpc) is 3.38. The first-order chi connectivity index (χ1) is 11.9. The SMILES string of the molecule is CC.C[Si].[C-]1=CC(c2ccccc2)=CC1.[Cl-].[Cl-].[Zr+4].c1ccc2[cH-]ccc2c1. The van der Waals surface area contributed by atoms with Crippen molar-refractivity contribution in [2.75, 3.05) is 0 Å². The van der Waals surface area contributed by atoms with Crippen LogP contribution in [0, 0.1) is 6.08 Å². The zero-order chi connectivity index (χ0) is 17.6. The number of fused-ring (bicyclic) bond motifs is 1. The molecule has 0 atom stereocenters. The van der Waals surface area contributed by atoms with Crippen LogP contribution in [0.1, 0.15) is 25.8 Å². The smallest absolute Gasteiger partial charge is 1.00 e. The van der Waals surface area contributed by atoms with E-state index in [1.807, 2.05) is 19.9 Å². The summed E-state index contributed by atoms with van der Waals surface area (Å²) >= 11 is 0. The van der Waals surface area contributed by atoms with Crippen LogP contribution in [0.5, 0.6) is 0 Å². The van der Waals surface area contributed by atoms with Gasteiger partial charge in [0, 0.05) is 10.2 Å². The Balaban J connectivity index is -0.000000333. The number of rotatable bonds is 1. The Morgan fingerprint density at radius 2 is 1.44 bits per heavy atom. The molecule has 0 heterocycles. The Kier molecular flexibility index (Phi) is 22.9. The maximum atomic E-state index is 3.15. The molecule has 3 radical (unpaired) electrons. The van der Waals surface area contributed by atoms with Crippen molar-refractivity contribution in [3.63, 3.8) is 0 Å². The monoisotopic (exact) mass is 489 g/mol. The summed E-state index contributed by atoms with van der Waals surface area (Å²) in [6.45, 7) is 5.81. The summed E-state index contributed by atoms with van der Waals surface area (Å²) in [5.74, 6) is 0. The number of allylic oxidation sites excluding steroid dienone is 4. The molecule has 1 aliphatic rings. The van der Waals surface area contributed by atoms with Gasteiger partial charge in [-0.2, -0.15) is 29.2 Å². The Bertz CT molecular complexity index is 719. The molecule has 0 nitrogen and oxygen atoms in total. The minimum absolute atomic E-state index is 0. The van der Waals surface area contributed by atoms with Crippen molar-refractivity contribution in [2.45, 2.75) is 26.8 Å². The quantitative estimate of drug-likeness (QED) is 0.346. The summed E-state index contributed by atoms with van der Waals surface area (Å²) in [6.07, 6.45) is 8.36. The van der Waals surface area contributed by atoms with E-state index in [-0.39, 0.29) is 51.0 Å². The average molecular weight is 492 g/mol. The number of halogens is 2. The molecule has 0 bridgehead atoms. The molecule has 0 aromatic heterocycles. The third-order valence-corrected chi connectivity index (χ3v) is 3.35. The Morgan fingerprint density at radius 1 is 0.852 bits per heavy atom. The second-order valence-electron chi connectivity index (χ2n) is 4.73. The van der Waals surface area contributed by atoms with Gasteiger partial charge < -0.3 is 24.8 Å². The van der Waals surface area contributed by atoms with Crippen molar-refractivity contribution >= 4 is 26.6 Å². The van der Waals surface area contributed by atoms with Gasteiger partial charge in [0.2, 0.25) is 0 Å². The molecule has 0 saturated heterocycles. The third kappa shape index (κ3) is 11.0. The largest absolute Gasteiger partial charge is 4.00 e. The fourth-order valence-corrected chi connectivity index (χ4v) is 2.30. The molecule has 0 aliphatic heterocycles. The number of benzene rings is 2. The summed E-state index contributed by atoms with van der Waals surface area (Å²) in [7, 11) is 2.97. The minimum Gasteiger partial charge on any atom is -1.00 e. The molecule has 3 aromatic carbocycles. The number of hydrogen-bond acceptors (Lipinski definition) is 0. The van der Waals surface area contributed by atoms with Crippen molar-refractivity contribution in [1.29, 1.82) is 0 Å². The van der Waals surface area contributed by atoms with E-state index in [4.69, 9.17) is 0 Å². The van der Waals surface area contributed by atoms with Crippen molar-refractivity contribution in [3.8, 4) is 0 Å². The van der Waals surface area contributed by atoms with Gasteiger partial charge in [0.15, 0.2) is 0 Å². The van der Waals surface area contributed by atoms with E-state index in [1.54, 1.807) is 6.55 Å². The molecule has 3 aromatic rings. The van der Waals surface area contributed by atoms with Crippen LogP contribution in [0.25, 0.3) is 16.3 Å². The Labute approximate surface area is 199 Å². The summed E-state index contributed by atoms with van der Waals surface area (Å²) in [5.41, 5.74) is 2.59. The maximum Gasteiger partial charge on any atom is 4.00 e. The first-order valence-corrected chi connectivity index (χ1v) is 9.36. The minimum atomic E-state index is 0. The van der Waals surface area contributed by atoms with Crippen molar-refractivity contribution in [3.05, 3.63) is 96.6 Å². The van der Waals surface area contributed by atoms with Gasteiger partial charge in [-0.25, -0.2) is 6.08 Å². The van der Waals surface area contributed by atoms with Gasteiger partial charge in [0.25, 0.3) is 0 Å². The van der Waals surface area contributed by atoms with Gasteiger partial charge >= 0.3 is 26.2 Å². The van der Waals surface area contributed by atoms with E-state index in [9.17, 15) is 0 Å². The van der Waals surface area contributed by atoms with Gasteiger partial charge in [0.05, 0.1) is 0 Å². The maximum absolute atomic E-state index is 3.15. The molecule has 0 unspecified atom stereocenters. The molecule has 139 valence electrons. The normalized spacial score (nSPS) is 10.0. The summed E-state index contributed by atoms with van der Waals surface area (Å²) in [6, 6.07) is 25.1. The van der Waals surface area contributed by atoms with E-state index in [0.29, 0.717) is 0 Å². The van der Waals surface area contributed by atoms with E-state index >= 15 is 0 Å². The summed E-state index contributed by atoms with van der Waals surface area (Å²) in [5, 5.41) is 2.66. The second-order valence-corrected chi connectivity index (χ2v) is 4.73. The van der Waals surface area contributed by atoms with Crippen molar-refractivity contribution in [1.82, 2.24) is 0 Å². The molecule has 0 N–H and O–H groups in total. The van der Waals surface area contributed by atoms with Gasteiger partial charge in [-0.3, -0.25) is 6.08 Å². The van der Waals surface area contributed by atoms with Crippen LogP contribution in [0.3, 0.4) is 0 Å². The standard InChI is InChI=1S/C11H9.C9H7.C2H6.CH3Si.2ClH.Zr/c1-2-6-10(7-3-1)11-8-4-5-9-11;1-2-5-9-7-3-6-8(9)4-1;2*1-2;;;/h1-3,6-9H,4H2;1-7H;1-2H3;1H3;2*1H;/q2*-1;;;;;+4/p-2. The molecule has 4 rings (SSSR count). The molecular formula is C23H25Cl2SiZr. The molecule has 0 spiro atoms. The first-order valence-electron chi connectivity index (χ1n) is 8.36. The molecule has 4 heteroatoms. The topological polar surface area (TPSA) is 0 Å². The summed E-state index contributed by atoms with van der Waals surface area (Å²) in [4.78, 5) is 0. The zero-order valence-corrected chi connectivity index (χ0v) is 21.0. The summed E-state index contributed by atoms with van der Waals surface area (Å²) < 4.78 is 0. The molecule has 1 aliphatic carbocycles. The van der Waals surface area contributed by atoms with Crippen LogP contribution >= 0.6 is 0 Å². The van der Waals surface area contributed by atoms with Crippen LogP contribution in [0.4, 0.5) is 0 Å². The number of hydrogen-bond donors (Lipinski definition) is 0. The second kappa shape index (κ2) is 20.0. The van der Waals surface area contributed by atoms with Gasteiger partial charge in [0.1, 0.15) is 0 Å². The molecule has 0 amide bonds. The van der Waals surface area contributed by atoms with E-state index in [2.05, 4.69) is 95.2 Å². The van der Waals surface area contributed by atoms with Crippen molar-refractivity contribution in [2.24, 2.45) is 0 Å². The molecular weight excluding hydrogens is 466 g/mol. The van der Waals surface area contributed by atoms with Crippen LogP contribution in [-0.2, 0) is 26.2 Å². The van der Waals surface area contributed by atoms with E-state index < -0.39 is 0 Å². The van der Waals surface area contributed by atoms with E-state index in [0.717, 1.165) is 6.42 Å². The van der Waals surface area contributed by atoms with Crippen molar-refractivity contribution < 1.29 is 51.0 Å². The van der Waals surface area contributed by atoms with Crippen LogP contribution in [-0.4, -0.2) is 10.2 Å². The first kappa shape index (κ1) is 30.9. The zero-order valence-electron chi connectivity index (χ0n) is 16.0. The van der Waals surface area contributed by atoms with Crippen LogP contribution < -0.4 is 24.8 Å². The van der Waals surface area contributed by atoms with Gasteiger partial charge in [-0.05, 0) is 0 Å².